The zero-order chi connectivity index (χ0) is 36.2. The SMILES string of the molecule is CCc1cc(-c2ccc(C3(S(N)(=O)=O)CC(=NN)C(=N)c4ccccc43)c(CC)c2)ccc1C1(S(N)(=O)=O)CC(=NN)C(=N)c2ccccc21. The fourth-order valence-corrected chi connectivity index (χ4v) is 10.3. The zero-order valence-corrected chi connectivity index (χ0v) is 29.2. The number of aryl methyl sites for hydroxylation is 2. The van der Waals surface area contributed by atoms with E-state index in [0.717, 1.165) is 11.1 Å². The summed E-state index contributed by atoms with van der Waals surface area (Å²) >= 11 is 0. The predicted octanol–water partition coefficient (Wildman–Crippen LogP) is 3.72. The predicted molar refractivity (Wildman–Crippen MR) is 197 cm³/mol. The van der Waals surface area contributed by atoms with Crippen LogP contribution in [0.15, 0.2) is 95.1 Å². The number of primary sulfonamides is 2. The highest BCUT2D eigenvalue weighted by atomic mass is 32.2. The lowest BCUT2D eigenvalue weighted by Gasteiger charge is -2.39. The van der Waals surface area contributed by atoms with E-state index in [1.54, 1.807) is 60.7 Å². The minimum atomic E-state index is -4.35. The Labute approximate surface area is 291 Å². The molecule has 0 fully saturated rings. The lowest BCUT2D eigenvalue weighted by molar-refractivity contribution is 0.555. The van der Waals surface area contributed by atoms with Crippen LogP contribution in [0.3, 0.4) is 0 Å². The van der Waals surface area contributed by atoms with Crippen molar-refractivity contribution in [2.75, 3.05) is 0 Å². The van der Waals surface area contributed by atoms with Crippen LogP contribution in [0.1, 0.15) is 71.2 Å². The number of hydrogen-bond acceptors (Lipinski definition) is 10. The molecule has 0 heterocycles. The van der Waals surface area contributed by atoms with Gasteiger partial charge in [0.25, 0.3) is 0 Å². The number of hydrazone groups is 2. The summed E-state index contributed by atoms with van der Waals surface area (Å²) in [5.41, 5.74) is 5.75. The van der Waals surface area contributed by atoms with Gasteiger partial charge in [0.2, 0.25) is 20.0 Å². The Bertz CT molecular complexity index is 2220. The van der Waals surface area contributed by atoms with Crippen molar-refractivity contribution in [1.29, 1.82) is 10.8 Å². The van der Waals surface area contributed by atoms with Crippen LogP contribution in [0.2, 0.25) is 0 Å². The fraction of sp³-hybridized carbons (Fsp3) is 0.222. The van der Waals surface area contributed by atoms with E-state index < -0.39 is 29.5 Å². The molecule has 0 bridgehead atoms. The first kappa shape index (κ1) is 34.8. The van der Waals surface area contributed by atoms with E-state index in [4.69, 9.17) is 32.8 Å². The minimum Gasteiger partial charge on any atom is -0.323 e. The number of benzene rings is 4. The van der Waals surface area contributed by atoms with Crippen LogP contribution < -0.4 is 22.0 Å². The molecule has 0 aromatic heterocycles. The van der Waals surface area contributed by atoms with Gasteiger partial charge >= 0.3 is 0 Å². The lowest BCUT2D eigenvalue weighted by atomic mass is 9.73. The largest absolute Gasteiger partial charge is 0.323 e. The van der Waals surface area contributed by atoms with Gasteiger partial charge in [-0.2, -0.15) is 10.2 Å². The highest BCUT2D eigenvalue weighted by Gasteiger charge is 2.53. The number of sulfonamides is 2. The van der Waals surface area contributed by atoms with E-state index in [1.165, 1.54) is 0 Å². The molecular weight excluding hydrogens is 673 g/mol. The Morgan fingerprint density at radius 2 is 0.960 bits per heavy atom. The Hall–Kier alpha value is -5.02. The van der Waals surface area contributed by atoms with Gasteiger partial charge in [0.15, 0.2) is 0 Å². The van der Waals surface area contributed by atoms with Gasteiger partial charge in [-0.1, -0.05) is 98.8 Å². The van der Waals surface area contributed by atoms with Gasteiger partial charge in [-0.15, -0.1) is 0 Å². The molecule has 0 radical (unpaired) electrons. The molecule has 14 heteroatoms. The maximum atomic E-state index is 13.7. The molecular formula is C36H38N8O4S2. The van der Waals surface area contributed by atoms with Crippen LogP contribution in [0.25, 0.3) is 11.1 Å². The monoisotopic (exact) mass is 710 g/mol. The highest BCUT2D eigenvalue weighted by molar-refractivity contribution is 7.90. The fourth-order valence-electron chi connectivity index (χ4n) is 7.69. The van der Waals surface area contributed by atoms with Crippen molar-refractivity contribution >= 4 is 42.9 Å². The van der Waals surface area contributed by atoms with Crippen LogP contribution in [0, 0.1) is 10.8 Å². The number of nitrogens with one attached hydrogen (secondary N) is 2. The van der Waals surface area contributed by atoms with Gasteiger partial charge in [0, 0.05) is 24.0 Å². The van der Waals surface area contributed by atoms with Crippen LogP contribution in [0.4, 0.5) is 0 Å². The average molecular weight is 711 g/mol. The second kappa shape index (κ2) is 12.4. The molecule has 2 aliphatic carbocycles. The van der Waals surface area contributed by atoms with Gasteiger partial charge in [-0.25, -0.2) is 27.1 Å². The van der Waals surface area contributed by atoms with E-state index in [9.17, 15) is 16.8 Å². The van der Waals surface area contributed by atoms with Crippen molar-refractivity contribution in [2.45, 2.75) is 49.0 Å². The molecule has 12 nitrogen and oxygen atoms in total. The molecule has 50 heavy (non-hydrogen) atoms. The van der Waals surface area contributed by atoms with Crippen LogP contribution in [-0.4, -0.2) is 39.7 Å². The Balaban J connectivity index is 1.55. The van der Waals surface area contributed by atoms with Crippen LogP contribution >= 0.6 is 0 Å². The highest BCUT2D eigenvalue weighted by Crippen LogP contribution is 2.49. The first-order valence-electron chi connectivity index (χ1n) is 15.9. The number of nitrogens with zero attached hydrogens (tertiary/aromatic N) is 2. The van der Waals surface area contributed by atoms with E-state index in [2.05, 4.69) is 10.2 Å². The zero-order valence-electron chi connectivity index (χ0n) is 27.6. The van der Waals surface area contributed by atoms with E-state index in [-0.39, 0.29) is 35.7 Å². The summed E-state index contributed by atoms with van der Waals surface area (Å²) in [5, 5.41) is 37.1. The van der Waals surface area contributed by atoms with E-state index >= 15 is 0 Å². The molecule has 0 amide bonds. The second-order valence-corrected chi connectivity index (χ2v) is 16.1. The van der Waals surface area contributed by atoms with Crippen molar-refractivity contribution in [3.8, 4) is 11.1 Å². The molecule has 258 valence electrons. The second-order valence-electron chi connectivity index (χ2n) is 12.5. The van der Waals surface area contributed by atoms with Crippen molar-refractivity contribution < 1.29 is 16.8 Å². The summed E-state index contributed by atoms with van der Waals surface area (Å²) in [5.74, 6) is 11.4. The molecule has 0 aliphatic heterocycles. The summed E-state index contributed by atoms with van der Waals surface area (Å²) in [4.78, 5) is 0. The standard InChI is InChI=1S/C36H38N8O4S2/c1-3-21-17-23(13-15-27(21)35(49(41,45)46)19-31(43-39)33(37)25-9-5-7-11-29(25)35)24-14-16-28(22(4-2)18-24)36(50(42,47)48)20-32(44-40)34(38)26-10-6-8-12-30(26)36/h5-18,37-38H,3-4,19-20,39-40H2,1-2H3,(H2,41,45,46)(H2,42,47,48). The molecule has 4 aromatic carbocycles. The van der Waals surface area contributed by atoms with Crippen molar-refractivity contribution in [3.63, 3.8) is 0 Å². The van der Waals surface area contributed by atoms with Gasteiger partial charge in [-0.3, -0.25) is 10.8 Å². The molecule has 2 aliphatic rings. The molecule has 0 spiro atoms. The Morgan fingerprint density at radius 3 is 1.28 bits per heavy atom. The minimum absolute atomic E-state index is 0.0452. The van der Waals surface area contributed by atoms with Gasteiger partial charge in [0.05, 0.1) is 22.8 Å². The molecule has 10 N–H and O–H groups in total. The molecule has 0 saturated heterocycles. The maximum Gasteiger partial charge on any atom is 0.223 e. The summed E-state index contributed by atoms with van der Waals surface area (Å²) in [6, 6.07) is 24.5. The molecule has 6 rings (SSSR count). The number of rotatable bonds is 7. The summed E-state index contributed by atoms with van der Waals surface area (Å²) in [6.45, 7) is 3.83. The van der Waals surface area contributed by atoms with Gasteiger partial charge < -0.3 is 11.7 Å². The summed E-state index contributed by atoms with van der Waals surface area (Å²) < 4.78 is 51.4. The maximum absolute atomic E-state index is 13.7. The Morgan fingerprint density at radius 1 is 0.600 bits per heavy atom. The number of hydrogen-bond donors (Lipinski definition) is 6. The van der Waals surface area contributed by atoms with E-state index in [1.807, 2.05) is 38.1 Å². The van der Waals surface area contributed by atoms with Crippen LogP contribution in [0.5, 0.6) is 0 Å². The first-order chi connectivity index (χ1) is 23.7. The van der Waals surface area contributed by atoms with Crippen molar-refractivity contribution in [1.82, 2.24) is 0 Å². The van der Waals surface area contributed by atoms with Gasteiger partial charge in [-0.05, 0) is 57.3 Å². The molecule has 0 saturated carbocycles. The third-order valence-electron chi connectivity index (χ3n) is 10.1. The third-order valence-corrected chi connectivity index (χ3v) is 13.2. The lowest BCUT2D eigenvalue weighted by Crippen LogP contribution is -2.49. The smallest absolute Gasteiger partial charge is 0.223 e. The quantitative estimate of drug-likeness (QED) is 0.123. The van der Waals surface area contributed by atoms with Crippen molar-refractivity contribution in [3.05, 3.63) is 129 Å². The molecule has 4 aromatic rings. The Kier molecular flexibility index (Phi) is 8.63. The third kappa shape index (κ3) is 5.01. The normalized spacial score (nSPS) is 22.4. The number of fused-ring (bicyclic) bond motifs is 2. The molecule has 2 unspecified atom stereocenters. The summed E-state index contributed by atoms with van der Waals surface area (Å²) in [7, 11) is -8.70. The van der Waals surface area contributed by atoms with E-state index in [0.29, 0.717) is 57.3 Å². The average Bonchev–Trinajstić information content (AvgIpc) is 3.11. The van der Waals surface area contributed by atoms with Gasteiger partial charge in [0.1, 0.15) is 9.49 Å². The first-order valence-corrected chi connectivity index (χ1v) is 19.0. The van der Waals surface area contributed by atoms with Crippen molar-refractivity contribution in [2.24, 2.45) is 32.2 Å². The molecule has 2 atom stereocenters. The van der Waals surface area contributed by atoms with Crippen LogP contribution in [-0.2, 0) is 42.4 Å². The summed E-state index contributed by atoms with van der Waals surface area (Å²) in [6.07, 6.45) is 0.489. The topological polar surface area (TPSA) is 245 Å². The number of nitrogens with two attached hydrogens (primary N) is 4.